The highest BCUT2D eigenvalue weighted by Gasteiger charge is 2.25. The second-order valence-electron chi connectivity index (χ2n) is 4.83. The number of nitrogens with zero attached hydrogens (tertiary/aromatic N) is 2. The minimum Gasteiger partial charge on any atom is -0.333 e. The van der Waals surface area contributed by atoms with E-state index in [0.29, 0.717) is 26.2 Å². The second-order valence-corrected chi connectivity index (χ2v) is 4.83. The van der Waals surface area contributed by atoms with Crippen LogP contribution in [0.3, 0.4) is 0 Å². The molecule has 1 aliphatic rings. The Bertz CT molecular complexity index is 484. The monoisotopic (exact) mass is 279 g/mol. The van der Waals surface area contributed by atoms with Gasteiger partial charge in [0.1, 0.15) is 5.82 Å². The third-order valence-electron chi connectivity index (χ3n) is 3.27. The summed E-state index contributed by atoms with van der Waals surface area (Å²) < 4.78 is 12.8. The minimum absolute atomic E-state index is 0.289. The van der Waals surface area contributed by atoms with Crippen molar-refractivity contribution in [3.63, 3.8) is 0 Å². The lowest BCUT2D eigenvalue weighted by Gasteiger charge is -2.28. The summed E-state index contributed by atoms with van der Waals surface area (Å²) in [6, 6.07) is 5.89. The Morgan fingerprint density at radius 1 is 1.25 bits per heavy atom. The summed E-state index contributed by atoms with van der Waals surface area (Å²) in [7, 11) is 1.58. The molecule has 0 radical (unpaired) electrons. The van der Waals surface area contributed by atoms with Gasteiger partial charge < -0.3 is 15.1 Å². The zero-order valence-corrected chi connectivity index (χ0v) is 11.4. The molecule has 1 N–H and O–H groups in total. The molecule has 20 heavy (non-hydrogen) atoms. The number of benzene rings is 1. The summed E-state index contributed by atoms with van der Waals surface area (Å²) in [5, 5.41) is 3.13. The molecule has 108 valence electrons. The number of carbonyl (C=O) groups is 2. The molecule has 2 rings (SSSR count). The van der Waals surface area contributed by atoms with Gasteiger partial charge in [0.05, 0.1) is 0 Å². The number of amides is 2. The van der Waals surface area contributed by atoms with Gasteiger partial charge in [-0.1, -0.05) is 12.1 Å². The third kappa shape index (κ3) is 3.54. The highest BCUT2D eigenvalue weighted by atomic mass is 19.1. The highest BCUT2D eigenvalue weighted by Crippen LogP contribution is 2.07. The van der Waals surface area contributed by atoms with Crippen LogP contribution >= 0.6 is 0 Å². The Labute approximate surface area is 117 Å². The number of rotatable bonds is 2. The summed E-state index contributed by atoms with van der Waals surface area (Å²) in [6.45, 7) is 2.81. The average Bonchev–Trinajstić information content (AvgIpc) is 2.49. The van der Waals surface area contributed by atoms with Gasteiger partial charge in [0.2, 0.25) is 0 Å². The van der Waals surface area contributed by atoms with Crippen LogP contribution in [0.1, 0.15) is 5.56 Å². The zero-order chi connectivity index (χ0) is 14.5. The zero-order valence-electron chi connectivity index (χ0n) is 11.4. The van der Waals surface area contributed by atoms with Gasteiger partial charge >= 0.3 is 11.8 Å². The van der Waals surface area contributed by atoms with E-state index in [9.17, 15) is 14.0 Å². The van der Waals surface area contributed by atoms with E-state index >= 15 is 0 Å². The number of nitrogens with one attached hydrogen (secondary N) is 1. The fraction of sp³-hybridized carbons (Fsp3) is 0.429. The Kier molecular flexibility index (Phi) is 4.68. The lowest BCUT2D eigenvalue weighted by atomic mass is 10.2. The molecule has 0 unspecified atom stereocenters. The molecule has 1 aromatic rings. The molecule has 0 bridgehead atoms. The Balaban J connectivity index is 1.93. The minimum atomic E-state index is -0.531. The van der Waals surface area contributed by atoms with Gasteiger partial charge in [0.25, 0.3) is 0 Å². The summed E-state index contributed by atoms with van der Waals surface area (Å²) in [5.41, 5.74) is 0.787. The van der Waals surface area contributed by atoms with Crippen molar-refractivity contribution in [2.45, 2.75) is 6.54 Å². The number of halogens is 1. The Morgan fingerprint density at radius 2 is 1.85 bits per heavy atom. The average molecular weight is 279 g/mol. The van der Waals surface area contributed by atoms with Crippen molar-refractivity contribution >= 4 is 11.8 Å². The van der Waals surface area contributed by atoms with Gasteiger partial charge in [-0.25, -0.2) is 4.39 Å². The lowest BCUT2D eigenvalue weighted by molar-refractivity contribution is -0.151. The van der Waals surface area contributed by atoms with Crippen LogP contribution in [0.5, 0.6) is 0 Å². The van der Waals surface area contributed by atoms with Crippen molar-refractivity contribution < 1.29 is 14.0 Å². The molecule has 6 heteroatoms. The molecule has 1 saturated heterocycles. The molecule has 1 fully saturated rings. The highest BCUT2D eigenvalue weighted by molar-refractivity contribution is 6.34. The van der Waals surface area contributed by atoms with Crippen LogP contribution in [0.25, 0.3) is 0 Å². The lowest BCUT2D eigenvalue weighted by Crippen LogP contribution is -2.51. The predicted molar refractivity (Wildman–Crippen MR) is 72.3 cm³/mol. The molecule has 1 aromatic carbocycles. The summed E-state index contributed by atoms with van der Waals surface area (Å²) in [6.07, 6.45) is 0. The van der Waals surface area contributed by atoms with Crippen molar-refractivity contribution in [1.82, 2.24) is 15.1 Å². The molecule has 0 atom stereocenters. The van der Waals surface area contributed by atoms with Crippen molar-refractivity contribution in [3.8, 4) is 0 Å². The fourth-order valence-electron chi connectivity index (χ4n) is 2.10. The van der Waals surface area contributed by atoms with Crippen molar-refractivity contribution in [2.75, 3.05) is 33.2 Å². The molecular weight excluding hydrogens is 261 g/mol. The van der Waals surface area contributed by atoms with Crippen LogP contribution in [0.15, 0.2) is 24.3 Å². The van der Waals surface area contributed by atoms with E-state index in [-0.39, 0.29) is 12.4 Å². The standard InChI is InChI=1S/C14H18FN3O2/c1-17(10-11-2-4-12(15)5-3-11)13(19)14(20)18-8-6-16-7-9-18/h2-5,16H,6-10H2,1H3. The van der Waals surface area contributed by atoms with E-state index in [0.717, 1.165) is 5.56 Å². The molecule has 0 aromatic heterocycles. The fourth-order valence-corrected chi connectivity index (χ4v) is 2.10. The first-order valence-electron chi connectivity index (χ1n) is 6.57. The van der Waals surface area contributed by atoms with Crippen LogP contribution in [0, 0.1) is 5.82 Å². The largest absolute Gasteiger partial charge is 0.333 e. The molecule has 1 aliphatic heterocycles. The number of carbonyl (C=O) groups excluding carboxylic acids is 2. The maximum atomic E-state index is 12.8. The molecule has 1 heterocycles. The first-order valence-corrected chi connectivity index (χ1v) is 6.57. The number of hydrogen-bond acceptors (Lipinski definition) is 3. The topological polar surface area (TPSA) is 52.7 Å². The Hall–Kier alpha value is -1.95. The molecule has 0 aliphatic carbocycles. The molecule has 0 saturated carbocycles. The van der Waals surface area contributed by atoms with E-state index in [1.165, 1.54) is 17.0 Å². The molecule has 0 spiro atoms. The van der Waals surface area contributed by atoms with Crippen LogP contribution in [-0.2, 0) is 16.1 Å². The van der Waals surface area contributed by atoms with E-state index < -0.39 is 11.8 Å². The van der Waals surface area contributed by atoms with Gasteiger partial charge in [0.15, 0.2) is 0 Å². The van der Waals surface area contributed by atoms with Gasteiger partial charge in [-0.2, -0.15) is 0 Å². The van der Waals surface area contributed by atoms with E-state index in [1.54, 1.807) is 24.1 Å². The maximum absolute atomic E-state index is 12.8. The maximum Gasteiger partial charge on any atom is 0.312 e. The predicted octanol–water partition coefficient (Wildman–Crippen LogP) is 0.216. The van der Waals surface area contributed by atoms with Gasteiger partial charge in [-0.05, 0) is 17.7 Å². The molecular formula is C14H18FN3O2. The molecule has 2 amide bonds. The quantitative estimate of drug-likeness (QED) is 0.788. The van der Waals surface area contributed by atoms with Crippen LogP contribution in [0.4, 0.5) is 4.39 Å². The van der Waals surface area contributed by atoms with Gasteiger partial charge in [-0.15, -0.1) is 0 Å². The van der Waals surface area contributed by atoms with Gasteiger partial charge in [-0.3, -0.25) is 9.59 Å². The van der Waals surface area contributed by atoms with Crippen molar-refractivity contribution in [1.29, 1.82) is 0 Å². The first kappa shape index (κ1) is 14.5. The summed E-state index contributed by atoms with van der Waals surface area (Å²) >= 11 is 0. The normalized spacial score (nSPS) is 15.0. The number of likely N-dealkylation sites (N-methyl/N-ethyl adjacent to an activating group) is 1. The van der Waals surface area contributed by atoms with Gasteiger partial charge in [0, 0.05) is 39.8 Å². The smallest absolute Gasteiger partial charge is 0.312 e. The summed E-state index contributed by atoms with van der Waals surface area (Å²) in [5.74, 6) is -1.33. The number of hydrogen-bond donors (Lipinski definition) is 1. The van der Waals surface area contributed by atoms with Crippen LogP contribution in [0.2, 0.25) is 0 Å². The van der Waals surface area contributed by atoms with Crippen LogP contribution in [-0.4, -0.2) is 54.8 Å². The van der Waals surface area contributed by atoms with E-state index in [1.807, 2.05) is 0 Å². The molecule has 5 nitrogen and oxygen atoms in total. The van der Waals surface area contributed by atoms with E-state index in [4.69, 9.17) is 0 Å². The SMILES string of the molecule is CN(Cc1ccc(F)cc1)C(=O)C(=O)N1CCNCC1. The van der Waals surface area contributed by atoms with E-state index in [2.05, 4.69) is 5.32 Å². The first-order chi connectivity index (χ1) is 9.58. The third-order valence-corrected chi connectivity index (χ3v) is 3.27. The number of piperazine rings is 1. The summed E-state index contributed by atoms with van der Waals surface area (Å²) in [4.78, 5) is 27.0. The Morgan fingerprint density at radius 3 is 2.45 bits per heavy atom. The van der Waals surface area contributed by atoms with Crippen molar-refractivity contribution in [3.05, 3.63) is 35.6 Å². The second kappa shape index (κ2) is 6.47. The van der Waals surface area contributed by atoms with Crippen LogP contribution < -0.4 is 5.32 Å². The van der Waals surface area contributed by atoms with Crippen molar-refractivity contribution in [2.24, 2.45) is 0 Å².